The first-order valence-corrected chi connectivity index (χ1v) is 6.38. The molecule has 0 unspecified atom stereocenters. The van der Waals surface area contributed by atoms with Crippen molar-refractivity contribution < 1.29 is 9.47 Å². The molecule has 0 aliphatic carbocycles. The van der Waals surface area contributed by atoms with Crippen LogP contribution in [0.15, 0.2) is 42.5 Å². The molecule has 21 heavy (non-hydrogen) atoms. The molecule has 0 aliphatic rings. The van der Waals surface area contributed by atoms with E-state index in [9.17, 15) is 0 Å². The van der Waals surface area contributed by atoms with Gasteiger partial charge in [-0.2, -0.15) is 0 Å². The van der Waals surface area contributed by atoms with Crippen molar-refractivity contribution in [3.63, 3.8) is 0 Å². The lowest BCUT2D eigenvalue weighted by Gasteiger charge is -2.06. The van der Waals surface area contributed by atoms with E-state index >= 15 is 0 Å². The van der Waals surface area contributed by atoms with E-state index in [2.05, 4.69) is 20.5 Å². The van der Waals surface area contributed by atoms with Gasteiger partial charge in [0, 0.05) is 11.8 Å². The highest BCUT2D eigenvalue weighted by Gasteiger charge is 2.04. The standard InChI is InChI=1S/C15H14N4O2/c1-20-11-5-3-10(4-6-11)16-15-17-13-8-7-12(21-2)9-14(13)18-19-15/h3-9H,1-2H3,(H,16,17,19). The van der Waals surface area contributed by atoms with Crippen LogP contribution in [0.5, 0.6) is 11.5 Å². The Hall–Kier alpha value is -2.89. The van der Waals surface area contributed by atoms with E-state index in [0.29, 0.717) is 11.5 Å². The summed E-state index contributed by atoms with van der Waals surface area (Å²) in [6.45, 7) is 0. The molecule has 106 valence electrons. The van der Waals surface area contributed by atoms with Gasteiger partial charge in [-0.15, -0.1) is 10.2 Å². The summed E-state index contributed by atoms with van der Waals surface area (Å²) in [5.41, 5.74) is 2.31. The third-order valence-corrected chi connectivity index (χ3v) is 3.01. The lowest BCUT2D eigenvalue weighted by Crippen LogP contribution is -1.99. The molecule has 0 fully saturated rings. The number of benzene rings is 2. The van der Waals surface area contributed by atoms with Crippen LogP contribution in [0.1, 0.15) is 0 Å². The number of hydrogen-bond acceptors (Lipinski definition) is 6. The monoisotopic (exact) mass is 282 g/mol. The molecule has 3 rings (SSSR count). The number of nitrogens with zero attached hydrogens (tertiary/aromatic N) is 3. The van der Waals surface area contributed by atoms with E-state index in [1.807, 2.05) is 36.4 Å². The summed E-state index contributed by atoms with van der Waals surface area (Å²) in [6.07, 6.45) is 0. The predicted molar refractivity (Wildman–Crippen MR) is 80.2 cm³/mol. The topological polar surface area (TPSA) is 69.2 Å². The quantitative estimate of drug-likeness (QED) is 0.793. The molecule has 0 amide bonds. The molecule has 0 bridgehead atoms. The Bertz CT molecular complexity index is 759. The maximum Gasteiger partial charge on any atom is 0.247 e. The van der Waals surface area contributed by atoms with Gasteiger partial charge in [0.1, 0.15) is 17.0 Å². The summed E-state index contributed by atoms with van der Waals surface area (Å²) in [4.78, 5) is 4.42. The summed E-state index contributed by atoms with van der Waals surface area (Å²) < 4.78 is 10.3. The second-order valence-electron chi connectivity index (χ2n) is 4.34. The maximum atomic E-state index is 5.15. The van der Waals surface area contributed by atoms with Crippen molar-refractivity contribution in [2.24, 2.45) is 0 Å². The highest BCUT2D eigenvalue weighted by molar-refractivity contribution is 5.76. The average Bonchev–Trinajstić information content (AvgIpc) is 2.55. The third-order valence-electron chi connectivity index (χ3n) is 3.01. The summed E-state index contributed by atoms with van der Waals surface area (Å²) in [5.74, 6) is 1.97. The van der Waals surface area contributed by atoms with Gasteiger partial charge in [0.15, 0.2) is 0 Å². The number of aromatic nitrogens is 3. The second-order valence-corrected chi connectivity index (χ2v) is 4.34. The zero-order valence-corrected chi connectivity index (χ0v) is 11.7. The number of nitrogens with one attached hydrogen (secondary N) is 1. The van der Waals surface area contributed by atoms with Crippen LogP contribution in [0.3, 0.4) is 0 Å². The van der Waals surface area contributed by atoms with E-state index in [1.165, 1.54) is 0 Å². The highest BCUT2D eigenvalue weighted by atomic mass is 16.5. The Balaban J connectivity index is 1.86. The largest absolute Gasteiger partial charge is 0.497 e. The van der Waals surface area contributed by atoms with Gasteiger partial charge in [-0.25, -0.2) is 4.98 Å². The Morgan fingerprint density at radius 2 is 1.52 bits per heavy atom. The fourth-order valence-electron chi connectivity index (χ4n) is 1.90. The molecule has 0 radical (unpaired) electrons. The van der Waals surface area contributed by atoms with Gasteiger partial charge in [0.25, 0.3) is 0 Å². The fourth-order valence-corrected chi connectivity index (χ4v) is 1.90. The van der Waals surface area contributed by atoms with Crippen LogP contribution >= 0.6 is 0 Å². The van der Waals surface area contributed by atoms with E-state index < -0.39 is 0 Å². The Morgan fingerprint density at radius 1 is 0.810 bits per heavy atom. The van der Waals surface area contributed by atoms with Crippen molar-refractivity contribution >= 4 is 22.7 Å². The first-order valence-electron chi connectivity index (χ1n) is 6.38. The van der Waals surface area contributed by atoms with E-state index in [1.54, 1.807) is 20.3 Å². The van der Waals surface area contributed by atoms with Crippen molar-refractivity contribution in [2.45, 2.75) is 0 Å². The third kappa shape index (κ3) is 2.84. The fraction of sp³-hybridized carbons (Fsp3) is 0.133. The van der Waals surface area contributed by atoms with Gasteiger partial charge in [-0.1, -0.05) is 0 Å². The lowest BCUT2D eigenvalue weighted by molar-refractivity contribution is 0.415. The van der Waals surface area contributed by atoms with E-state index in [4.69, 9.17) is 9.47 Å². The molecule has 0 atom stereocenters. The van der Waals surface area contributed by atoms with Crippen molar-refractivity contribution in [2.75, 3.05) is 19.5 Å². The van der Waals surface area contributed by atoms with Crippen LogP contribution < -0.4 is 14.8 Å². The molecule has 0 spiro atoms. The normalized spacial score (nSPS) is 10.4. The van der Waals surface area contributed by atoms with Gasteiger partial charge in [-0.05, 0) is 36.4 Å². The summed E-state index contributed by atoms with van der Waals surface area (Å²) in [7, 11) is 3.24. The smallest absolute Gasteiger partial charge is 0.247 e. The van der Waals surface area contributed by atoms with Gasteiger partial charge in [0.2, 0.25) is 5.95 Å². The molecule has 0 aliphatic heterocycles. The van der Waals surface area contributed by atoms with Crippen LogP contribution in [0.2, 0.25) is 0 Å². The number of rotatable bonds is 4. The minimum Gasteiger partial charge on any atom is -0.497 e. The Kier molecular flexibility index (Phi) is 3.51. The van der Waals surface area contributed by atoms with E-state index in [0.717, 1.165) is 22.7 Å². The van der Waals surface area contributed by atoms with Crippen LogP contribution in [-0.4, -0.2) is 29.4 Å². The Labute approximate surface area is 121 Å². The number of anilines is 2. The first kappa shape index (κ1) is 13.1. The van der Waals surface area contributed by atoms with Crippen LogP contribution in [-0.2, 0) is 0 Å². The van der Waals surface area contributed by atoms with Gasteiger partial charge in [-0.3, -0.25) is 0 Å². The zero-order valence-electron chi connectivity index (χ0n) is 11.7. The van der Waals surface area contributed by atoms with Crippen molar-refractivity contribution in [1.82, 2.24) is 15.2 Å². The number of ether oxygens (including phenoxy) is 2. The minimum atomic E-state index is 0.442. The SMILES string of the molecule is COc1ccc(Nc2nnc3cc(OC)ccc3n2)cc1. The molecule has 6 nitrogen and oxygen atoms in total. The molecule has 0 saturated heterocycles. The minimum absolute atomic E-state index is 0.442. The molecular formula is C15H14N4O2. The van der Waals surface area contributed by atoms with Crippen LogP contribution in [0.4, 0.5) is 11.6 Å². The van der Waals surface area contributed by atoms with Crippen LogP contribution in [0, 0.1) is 0 Å². The second kappa shape index (κ2) is 5.62. The van der Waals surface area contributed by atoms with Crippen LogP contribution in [0.25, 0.3) is 11.0 Å². The molecular weight excluding hydrogens is 268 g/mol. The number of methoxy groups -OCH3 is 2. The molecule has 2 aromatic carbocycles. The van der Waals surface area contributed by atoms with Crippen molar-refractivity contribution in [3.05, 3.63) is 42.5 Å². The molecule has 6 heteroatoms. The predicted octanol–water partition coefficient (Wildman–Crippen LogP) is 2.79. The molecule has 1 N–H and O–H groups in total. The van der Waals surface area contributed by atoms with E-state index in [-0.39, 0.29) is 0 Å². The first-order chi connectivity index (χ1) is 10.3. The summed E-state index contributed by atoms with van der Waals surface area (Å²) in [5, 5.41) is 11.3. The number of hydrogen-bond donors (Lipinski definition) is 1. The molecule has 1 aromatic heterocycles. The summed E-state index contributed by atoms with van der Waals surface area (Å²) >= 11 is 0. The van der Waals surface area contributed by atoms with Crippen molar-refractivity contribution in [3.8, 4) is 11.5 Å². The molecule has 1 heterocycles. The zero-order chi connectivity index (χ0) is 14.7. The number of fused-ring (bicyclic) bond motifs is 1. The molecule has 3 aromatic rings. The maximum absolute atomic E-state index is 5.15. The molecule has 0 saturated carbocycles. The van der Waals surface area contributed by atoms with Gasteiger partial charge < -0.3 is 14.8 Å². The summed E-state index contributed by atoms with van der Waals surface area (Å²) in [6, 6.07) is 13.0. The average molecular weight is 282 g/mol. The van der Waals surface area contributed by atoms with Gasteiger partial charge >= 0.3 is 0 Å². The van der Waals surface area contributed by atoms with Gasteiger partial charge in [0.05, 0.1) is 19.7 Å². The lowest BCUT2D eigenvalue weighted by atomic mass is 10.3. The Morgan fingerprint density at radius 3 is 2.24 bits per heavy atom. The highest BCUT2D eigenvalue weighted by Crippen LogP contribution is 2.20. The van der Waals surface area contributed by atoms with Crippen molar-refractivity contribution in [1.29, 1.82) is 0 Å².